The standard InChI is InChI=1S/C17H19FN2O/c1-4-5-15-9-14(17(21)19-3)11-20(15)10-13-7-6-12(2)8-16(13)18/h4-8,11H,1,9-10H2,2-3H3,(H,19,21)/b15-5+. The summed E-state index contributed by atoms with van der Waals surface area (Å²) >= 11 is 0. The molecule has 0 saturated heterocycles. The van der Waals surface area contributed by atoms with Crippen LogP contribution in [0.2, 0.25) is 0 Å². The molecule has 2 rings (SSSR count). The average Bonchev–Trinajstić information content (AvgIpc) is 2.84. The van der Waals surface area contributed by atoms with Crippen molar-refractivity contribution in [1.29, 1.82) is 0 Å². The fourth-order valence-electron chi connectivity index (χ4n) is 2.31. The molecule has 3 nitrogen and oxygen atoms in total. The molecule has 1 N–H and O–H groups in total. The number of carbonyl (C=O) groups is 1. The van der Waals surface area contributed by atoms with E-state index in [1.54, 1.807) is 25.4 Å². The van der Waals surface area contributed by atoms with Gasteiger partial charge in [0.2, 0.25) is 5.91 Å². The van der Waals surface area contributed by atoms with E-state index in [-0.39, 0.29) is 11.7 Å². The van der Waals surface area contributed by atoms with Gasteiger partial charge in [-0.2, -0.15) is 0 Å². The number of hydrogen-bond donors (Lipinski definition) is 1. The van der Waals surface area contributed by atoms with Crippen molar-refractivity contribution in [1.82, 2.24) is 10.2 Å². The molecule has 1 aliphatic heterocycles. The van der Waals surface area contributed by atoms with Gasteiger partial charge in [-0.25, -0.2) is 4.39 Å². The van der Waals surface area contributed by atoms with E-state index in [4.69, 9.17) is 0 Å². The molecule has 1 aromatic rings. The molecule has 4 heteroatoms. The van der Waals surface area contributed by atoms with E-state index in [1.165, 1.54) is 6.07 Å². The minimum absolute atomic E-state index is 0.114. The van der Waals surface area contributed by atoms with Crippen LogP contribution in [0.5, 0.6) is 0 Å². The summed E-state index contributed by atoms with van der Waals surface area (Å²) in [6.07, 6.45) is 5.82. The van der Waals surface area contributed by atoms with Crippen LogP contribution >= 0.6 is 0 Å². The van der Waals surface area contributed by atoms with E-state index in [1.807, 2.05) is 24.0 Å². The maximum absolute atomic E-state index is 14.0. The molecule has 1 heterocycles. The molecule has 0 radical (unpaired) electrons. The third-order valence-corrected chi connectivity index (χ3v) is 3.43. The van der Waals surface area contributed by atoms with Crippen molar-refractivity contribution in [3.8, 4) is 0 Å². The number of benzene rings is 1. The second-order valence-corrected chi connectivity index (χ2v) is 5.03. The van der Waals surface area contributed by atoms with Crippen LogP contribution in [0, 0.1) is 12.7 Å². The van der Waals surface area contributed by atoms with Crippen molar-refractivity contribution in [3.05, 3.63) is 71.3 Å². The molecule has 0 aliphatic carbocycles. The highest BCUT2D eigenvalue weighted by Crippen LogP contribution is 2.28. The molecule has 0 unspecified atom stereocenters. The highest BCUT2D eigenvalue weighted by Gasteiger charge is 2.22. The Morgan fingerprint density at radius 3 is 2.90 bits per heavy atom. The Morgan fingerprint density at radius 1 is 1.52 bits per heavy atom. The summed E-state index contributed by atoms with van der Waals surface area (Å²) in [6, 6.07) is 5.18. The van der Waals surface area contributed by atoms with Gasteiger partial charge in [-0.15, -0.1) is 0 Å². The highest BCUT2D eigenvalue weighted by molar-refractivity contribution is 5.94. The SMILES string of the molecule is C=C/C=C1\CC(C(=O)NC)=CN1Cc1ccc(C)cc1F. The number of nitrogens with one attached hydrogen (secondary N) is 1. The van der Waals surface area contributed by atoms with E-state index < -0.39 is 0 Å². The lowest BCUT2D eigenvalue weighted by Gasteiger charge is -2.18. The van der Waals surface area contributed by atoms with Gasteiger partial charge in [0, 0.05) is 36.5 Å². The number of allylic oxidation sites excluding steroid dienone is 3. The largest absolute Gasteiger partial charge is 0.355 e. The fraction of sp³-hybridized carbons (Fsp3) is 0.235. The average molecular weight is 286 g/mol. The van der Waals surface area contributed by atoms with Gasteiger partial charge in [-0.3, -0.25) is 4.79 Å². The quantitative estimate of drug-likeness (QED) is 0.922. The second kappa shape index (κ2) is 6.39. The summed E-state index contributed by atoms with van der Waals surface area (Å²) in [4.78, 5) is 13.6. The van der Waals surface area contributed by atoms with Crippen molar-refractivity contribution in [3.63, 3.8) is 0 Å². The van der Waals surface area contributed by atoms with Crippen molar-refractivity contribution in [2.75, 3.05) is 7.05 Å². The van der Waals surface area contributed by atoms with Gasteiger partial charge in [-0.1, -0.05) is 24.8 Å². The number of likely N-dealkylation sites (N-methyl/N-ethyl adjacent to an activating group) is 1. The molecule has 0 saturated carbocycles. The van der Waals surface area contributed by atoms with Crippen LogP contribution in [0.3, 0.4) is 0 Å². The van der Waals surface area contributed by atoms with E-state index in [0.717, 1.165) is 11.3 Å². The summed E-state index contributed by atoms with van der Waals surface area (Å²) in [5.41, 5.74) is 3.09. The molecule has 0 atom stereocenters. The van der Waals surface area contributed by atoms with Crippen LogP contribution in [-0.4, -0.2) is 17.9 Å². The Morgan fingerprint density at radius 2 is 2.29 bits per heavy atom. The summed E-state index contributed by atoms with van der Waals surface area (Å²) < 4.78 is 14.0. The van der Waals surface area contributed by atoms with Crippen LogP contribution in [0.25, 0.3) is 0 Å². The smallest absolute Gasteiger partial charge is 0.248 e. The number of rotatable bonds is 4. The number of amides is 1. The van der Waals surface area contributed by atoms with E-state index in [2.05, 4.69) is 11.9 Å². The van der Waals surface area contributed by atoms with Gasteiger partial charge in [0.25, 0.3) is 0 Å². The molecule has 1 aliphatic rings. The Kier molecular flexibility index (Phi) is 4.58. The number of aryl methyl sites for hydroxylation is 1. The van der Waals surface area contributed by atoms with Gasteiger partial charge in [0.15, 0.2) is 0 Å². The first-order chi connectivity index (χ1) is 10.0. The van der Waals surface area contributed by atoms with Crippen molar-refractivity contribution < 1.29 is 9.18 Å². The zero-order valence-electron chi connectivity index (χ0n) is 12.3. The maximum atomic E-state index is 14.0. The molecule has 110 valence electrons. The molecule has 0 bridgehead atoms. The van der Waals surface area contributed by atoms with Gasteiger partial charge in [-0.05, 0) is 24.6 Å². The van der Waals surface area contributed by atoms with E-state index in [9.17, 15) is 9.18 Å². The first-order valence-corrected chi connectivity index (χ1v) is 6.81. The molecule has 21 heavy (non-hydrogen) atoms. The first kappa shape index (κ1) is 15.0. The lowest BCUT2D eigenvalue weighted by atomic mass is 10.1. The molecule has 0 spiro atoms. The number of carbonyl (C=O) groups excluding carboxylic acids is 1. The third-order valence-electron chi connectivity index (χ3n) is 3.43. The molecular weight excluding hydrogens is 267 g/mol. The Bertz CT molecular complexity index is 632. The molecule has 1 aromatic carbocycles. The van der Waals surface area contributed by atoms with Crippen molar-refractivity contribution in [2.24, 2.45) is 0 Å². The van der Waals surface area contributed by atoms with Crippen LogP contribution in [0.1, 0.15) is 17.5 Å². The van der Waals surface area contributed by atoms with Crippen molar-refractivity contribution in [2.45, 2.75) is 19.9 Å². The van der Waals surface area contributed by atoms with E-state index >= 15 is 0 Å². The monoisotopic (exact) mass is 286 g/mol. The predicted octanol–water partition coefficient (Wildman–Crippen LogP) is 3.04. The number of nitrogens with zero attached hydrogens (tertiary/aromatic N) is 1. The maximum Gasteiger partial charge on any atom is 0.248 e. The van der Waals surface area contributed by atoms with E-state index in [0.29, 0.717) is 24.1 Å². The van der Waals surface area contributed by atoms with Crippen LogP contribution in [0.15, 0.2) is 54.4 Å². The lowest BCUT2D eigenvalue weighted by molar-refractivity contribution is -0.117. The lowest BCUT2D eigenvalue weighted by Crippen LogP contribution is -2.19. The highest BCUT2D eigenvalue weighted by atomic mass is 19.1. The summed E-state index contributed by atoms with van der Waals surface area (Å²) in [6.45, 7) is 5.94. The van der Waals surface area contributed by atoms with Crippen LogP contribution in [-0.2, 0) is 11.3 Å². The van der Waals surface area contributed by atoms with Gasteiger partial charge in [0.05, 0.1) is 6.54 Å². The fourth-order valence-corrected chi connectivity index (χ4v) is 2.31. The molecule has 0 fully saturated rings. The Hall–Kier alpha value is -2.36. The van der Waals surface area contributed by atoms with Gasteiger partial charge in [0.1, 0.15) is 5.82 Å². The first-order valence-electron chi connectivity index (χ1n) is 6.81. The normalized spacial score (nSPS) is 16.0. The number of hydrogen-bond acceptors (Lipinski definition) is 2. The van der Waals surface area contributed by atoms with Gasteiger partial charge >= 0.3 is 0 Å². The van der Waals surface area contributed by atoms with Crippen LogP contribution < -0.4 is 5.32 Å². The Balaban J connectivity index is 2.26. The summed E-state index contributed by atoms with van der Waals surface area (Å²) in [5.74, 6) is -0.341. The Labute approximate surface area is 124 Å². The molecular formula is C17H19FN2O. The summed E-state index contributed by atoms with van der Waals surface area (Å²) in [5, 5.41) is 2.61. The zero-order valence-corrected chi connectivity index (χ0v) is 12.3. The second-order valence-electron chi connectivity index (χ2n) is 5.03. The minimum atomic E-state index is -0.227. The molecule has 0 aromatic heterocycles. The number of halogens is 1. The summed E-state index contributed by atoms with van der Waals surface area (Å²) in [7, 11) is 1.60. The van der Waals surface area contributed by atoms with Gasteiger partial charge < -0.3 is 10.2 Å². The topological polar surface area (TPSA) is 32.3 Å². The van der Waals surface area contributed by atoms with Crippen LogP contribution in [0.4, 0.5) is 4.39 Å². The third kappa shape index (κ3) is 3.40. The van der Waals surface area contributed by atoms with Crippen molar-refractivity contribution >= 4 is 5.91 Å². The zero-order chi connectivity index (χ0) is 15.4. The minimum Gasteiger partial charge on any atom is -0.355 e. The predicted molar refractivity (Wildman–Crippen MR) is 81.7 cm³/mol. The molecule has 1 amide bonds.